The summed E-state index contributed by atoms with van der Waals surface area (Å²) >= 11 is 1.71. The number of hydrogen-bond acceptors (Lipinski definition) is 4. The van der Waals surface area contributed by atoms with Crippen LogP contribution >= 0.6 is 11.8 Å². The first-order chi connectivity index (χ1) is 17.0. The average Bonchev–Trinajstić information content (AvgIpc) is 2.90. The second-order valence-electron chi connectivity index (χ2n) is 9.07. The van der Waals surface area contributed by atoms with Gasteiger partial charge in [-0.25, -0.2) is 0 Å². The second kappa shape index (κ2) is 11.9. The second-order valence-corrected chi connectivity index (χ2v) is 10.2. The summed E-state index contributed by atoms with van der Waals surface area (Å²) in [6.45, 7) is 6.50. The molecule has 4 rings (SSSR count). The van der Waals surface area contributed by atoms with Crippen molar-refractivity contribution < 1.29 is 9.53 Å². The van der Waals surface area contributed by atoms with Crippen LogP contribution in [-0.2, 0) is 9.53 Å². The van der Waals surface area contributed by atoms with Gasteiger partial charge in [-0.15, -0.1) is 0 Å². The van der Waals surface area contributed by atoms with Crippen LogP contribution in [0.2, 0.25) is 0 Å². The maximum absolute atomic E-state index is 12.0. The number of allylic oxidation sites excluding steroid dienone is 6. The van der Waals surface area contributed by atoms with E-state index in [1.54, 1.807) is 11.8 Å². The number of aryl methyl sites for hydroxylation is 1. The minimum Gasteiger partial charge on any atom is -0.469 e. The number of benzene rings is 2. The van der Waals surface area contributed by atoms with Crippen molar-refractivity contribution in [3.8, 4) is 0 Å². The molecule has 0 saturated heterocycles. The molecular formula is C31H33NO2S. The molecule has 0 radical (unpaired) electrons. The van der Waals surface area contributed by atoms with E-state index in [9.17, 15) is 4.79 Å². The summed E-state index contributed by atoms with van der Waals surface area (Å²) in [5.74, 6) is 0.334. The van der Waals surface area contributed by atoms with Crippen molar-refractivity contribution in [2.75, 3.05) is 12.0 Å². The van der Waals surface area contributed by atoms with Crippen LogP contribution < -0.4 is 4.90 Å². The maximum atomic E-state index is 12.0. The van der Waals surface area contributed by atoms with E-state index in [0.29, 0.717) is 5.92 Å². The standard InChI is InChI=1S/C31H33NO2S/c1-23-9-7-8-12-30(23)35-24(2)21-28(26-13-15-27(16-14-26)31(33)34-3)22-25-17-19-32(20-18-25)29-10-5-4-6-11-29/h4-12,17-22,26-27H,2,13-16H2,1,3H3/b28-21-. The molecule has 1 aliphatic carbocycles. The minimum atomic E-state index is -0.0778. The van der Waals surface area contributed by atoms with E-state index >= 15 is 0 Å². The van der Waals surface area contributed by atoms with Gasteiger partial charge in [0, 0.05) is 27.9 Å². The Hall–Kier alpha value is -3.24. The zero-order chi connectivity index (χ0) is 24.6. The van der Waals surface area contributed by atoms with Gasteiger partial charge in [-0.05, 0) is 91.7 Å². The van der Waals surface area contributed by atoms with E-state index in [-0.39, 0.29) is 11.9 Å². The summed E-state index contributed by atoms with van der Waals surface area (Å²) in [4.78, 5) is 16.4. The van der Waals surface area contributed by atoms with Crippen molar-refractivity contribution in [2.45, 2.75) is 37.5 Å². The molecule has 0 spiro atoms. The van der Waals surface area contributed by atoms with Crippen molar-refractivity contribution in [3.63, 3.8) is 0 Å². The van der Waals surface area contributed by atoms with E-state index in [1.165, 1.54) is 23.1 Å². The molecule has 2 aromatic rings. The molecule has 4 heteroatoms. The maximum Gasteiger partial charge on any atom is 0.308 e. The van der Waals surface area contributed by atoms with Crippen LogP contribution in [0.1, 0.15) is 31.2 Å². The number of carbonyl (C=O) groups excluding carboxylic acids is 1. The third-order valence-electron chi connectivity index (χ3n) is 6.64. The zero-order valence-corrected chi connectivity index (χ0v) is 21.3. The predicted molar refractivity (Wildman–Crippen MR) is 147 cm³/mol. The number of rotatable bonds is 7. The zero-order valence-electron chi connectivity index (χ0n) is 20.5. The van der Waals surface area contributed by atoms with E-state index in [1.807, 2.05) is 18.2 Å². The quantitative estimate of drug-likeness (QED) is 0.227. The van der Waals surface area contributed by atoms with Crippen molar-refractivity contribution in [1.82, 2.24) is 0 Å². The Morgan fingerprint density at radius 3 is 2.26 bits per heavy atom. The molecule has 1 fully saturated rings. The van der Waals surface area contributed by atoms with Crippen molar-refractivity contribution in [3.05, 3.63) is 119 Å². The molecule has 0 bridgehead atoms. The van der Waals surface area contributed by atoms with Gasteiger partial charge in [-0.1, -0.05) is 60.8 Å². The highest BCUT2D eigenvalue weighted by atomic mass is 32.2. The Labute approximate surface area is 213 Å². The molecule has 3 nitrogen and oxygen atoms in total. The molecule has 0 unspecified atom stereocenters. The Bertz CT molecular complexity index is 1150. The smallest absolute Gasteiger partial charge is 0.308 e. The molecule has 0 N–H and O–H groups in total. The first-order valence-electron chi connectivity index (χ1n) is 12.2. The molecule has 180 valence electrons. The largest absolute Gasteiger partial charge is 0.469 e. The minimum absolute atomic E-state index is 0.0172. The van der Waals surface area contributed by atoms with Gasteiger partial charge in [0.15, 0.2) is 0 Å². The number of esters is 1. The molecule has 2 aromatic carbocycles. The van der Waals surface area contributed by atoms with Crippen LogP contribution in [0.5, 0.6) is 0 Å². The molecular weight excluding hydrogens is 450 g/mol. The van der Waals surface area contributed by atoms with Crippen LogP contribution in [-0.4, -0.2) is 13.1 Å². The fraction of sp³-hybridized carbons (Fsp3) is 0.258. The van der Waals surface area contributed by atoms with Crippen molar-refractivity contribution >= 4 is 23.4 Å². The topological polar surface area (TPSA) is 29.5 Å². The fourth-order valence-corrected chi connectivity index (χ4v) is 5.49. The first kappa shape index (κ1) is 24.9. The van der Waals surface area contributed by atoms with Gasteiger partial charge in [0.25, 0.3) is 0 Å². The number of anilines is 1. The van der Waals surface area contributed by atoms with Gasteiger partial charge in [0.1, 0.15) is 0 Å². The Morgan fingerprint density at radius 1 is 0.971 bits per heavy atom. The van der Waals surface area contributed by atoms with Crippen LogP contribution in [0, 0.1) is 18.8 Å². The third-order valence-corrected chi connectivity index (χ3v) is 7.70. The summed E-state index contributed by atoms with van der Waals surface area (Å²) in [6.07, 6.45) is 16.7. The monoisotopic (exact) mass is 483 g/mol. The molecule has 1 aliphatic heterocycles. The Morgan fingerprint density at radius 2 is 1.60 bits per heavy atom. The number of nitrogens with zero attached hydrogens (tertiary/aromatic N) is 1. The fourth-order valence-electron chi connectivity index (χ4n) is 4.63. The highest BCUT2D eigenvalue weighted by Crippen LogP contribution is 2.38. The third kappa shape index (κ3) is 6.67. The van der Waals surface area contributed by atoms with Crippen molar-refractivity contribution in [1.29, 1.82) is 0 Å². The van der Waals surface area contributed by atoms with Crippen molar-refractivity contribution in [2.24, 2.45) is 11.8 Å². The van der Waals surface area contributed by atoms with Crippen LogP contribution in [0.15, 0.2) is 119 Å². The van der Waals surface area contributed by atoms with Crippen LogP contribution in [0.3, 0.4) is 0 Å². The van der Waals surface area contributed by atoms with Gasteiger partial charge in [-0.2, -0.15) is 0 Å². The van der Waals surface area contributed by atoms with Crippen LogP contribution in [0.25, 0.3) is 0 Å². The molecule has 0 atom stereocenters. The number of hydrogen-bond donors (Lipinski definition) is 0. The van der Waals surface area contributed by atoms with E-state index < -0.39 is 0 Å². The molecule has 1 heterocycles. The van der Waals surface area contributed by atoms with Gasteiger partial charge >= 0.3 is 5.97 Å². The number of ether oxygens (including phenoxy) is 1. The molecule has 2 aliphatic rings. The number of methoxy groups -OCH3 is 1. The SMILES string of the molecule is C=C(/C=C(/C=C1C=CN(c2ccccc2)C=C1)C1CCC(C(=O)OC)CC1)Sc1ccccc1C. The van der Waals surface area contributed by atoms with Gasteiger partial charge < -0.3 is 9.64 Å². The summed E-state index contributed by atoms with van der Waals surface area (Å²) in [6, 6.07) is 18.7. The Kier molecular flexibility index (Phi) is 8.49. The lowest BCUT2D eigenvalue weighted by Crippen LogP contribution is -2.23. The van der Waals surface area contributed by atoms with E-state index in [0.717, 1.165) is 41.8 Å². The highest BCUT2D eigenvalue weighted by Gasteiger charge is 2.28. The average molecular weight is 484 g/mol. The first-order valence-corrected chi connectivity index (χ1v) is 13.0. The lowest BCUT2D eigenvalue weighted by atomic mass is 9.78. The normalized spacial score (nSPS) is 20.0. The van der Waals surface area contributed by atoms with Gasteiger partial charge in [0.2, 0.25) is 0 Å². The predicted octanol–water partition coefficient (Wildman–Crippen LogP) is 7.98. The Balaban J connectivity index is 1.54. The summed E-state index contributed by atoms with van der Waals surface area (Å²) in [5.41, 5.74) is 4.83. The number of carbonyl (C=O) groups is 1. The van der Waals surface area contributed by atoms with Crippen LogP contribution in [0.4, 0.5) is 5.69 Å². The number of thioether (sulfide) groups is 1. The summed E-state index contributed by atoms with van der Waals surface area (Å²) in [5, 5.41) is 0. The molecule has 35 heavy (non-hydrogen) atoms. The summed E-state index contributed by atoms with van der Waals surface area (Å²) in [7, 11) is 1.48. The van der Waals surface area contributed by atoms with Gasteiger partial charge in [-0.3, -0.25) is 4.79 Å². The molecule has 0 amide bonds. The lowest BCUT2D eigenvalue weighted by Gasteiger charge is -2.28. The highest BCUT2D eigenvalue weighted by molar-refractivity contribution is 8.03. The summed E-state index contributed by atoms with van der Waals surface area (Å²) < 4.78 is 4.99. The van der Waals surface area contributed by atoms with Gasteiger partial charge in [0.05, 0.1) is 13.0 Å². The van der Waals surface area contributed by atoms with E-state index in [4.69, 9.17) is 4.74 Å². The number of para-hydroxylation sites is 1. The lowest BCUT2D eigenvalue weighted by molar-refractivity contribution is -0.146. The van der Waals surface area contributed by atoms with E-state index in [2.05, 4.69) is 91.5 Å². The molecule has 0 aromatic heterocycles. The molecule has 1 saturated carbocycles.